The Kier molecular flexibility index (Phi) is 29.0. The second-order valence-corrected chi connectivity index (χ2v) is 34.7. The van der Waals surface area contributed by atoms with Crippen LogP contribution in [0.1, 0.15) is 76.6 Å². The van der Waals surface area contributed by atoms with Gasteiger partial charge in [0.25, 0.3) is 41.2 Å². The number of amides is 4. The number of anilines is 2. The van der Waals surface area contributed by atoms with Gasteiger partial charge in [0, 0.05) is 116 Å². The number of benzene rings is 11. The number of aryl methyl sites for hydroxylation is 2. The third kappa shape index (κ3) is 21.6. The highest BCUT2D eigenvalue weighted by Crippen LogP contribution is 2.47. The molecule has 0 aliphatic carbocycles. The third-order valence-electron chi connectivity index (χ3n) is 21.8. The Bertz CT molecular complexity index is 8440. The van der Waals surface area contributed by atoms with Crippen molar-refractivity contribution in [2.75, 3.05) is 37.1 Å². The van der Waals surface area contributed by atoms with Crippen LogP contribution in [0.2, 0.25) is 0 Å². The number of hydrogen-bond acceptors (Lipinski definition) is 35. The largest absolute Gasteiger partial charge is 0.505 e. The summed E-state index contributed by atoms with van der Waals surface area (Å²) in [5.74, 6) is -2.88. The Hall–Kier alpha value is -19.8. The lowest BCUT2D eigenvalue weighted by atomic mass is 10.0. The number of non-ortho nitro benzene ring substituents is 1. The summed E-state index contributed by atoms with van der Waals surface area (Å²) >= 11 is 0. The van der Waals surface area contributed by atoms with E-state index < -0.39 is 64.9 Å². The van der Waals surface area contributed by atoms with Crippen molar-refractivity contribution in [1.82, 2.24) is 73.9 Å². The van der Waals surface area contributed by atoms with Crippen LogP contribution >= 0.6 is 0 Å². The van der Waals surface area contributed by atoms with E-state index in [0.717, 1.165) is 48.0 Å². The van der Waals surface area contributed by atoms with Gasteiger partial charge in [-0.2, -0.15) is 35.0 Å². The first-order chi connectivity index (χ1) is 69.5. The zero-order chi connectivity index (χ0) is 101. The molecule has 1 aliphatic heterocycles. The number of nitrogens with one attached hydrogen (secondary N) is 2. The van der Waals surface area contributed by atoms with E-state index in [0.29, 0.717) is 79.4 Å². The van der Waals surface area contributed by atoms with E-state index in [2.05, 4.69) is 102 Å². The average molecular weight is 1970 g/mol. The van der Waals surface area contributed by atoms with E-state index in [1.165, 1.54) is 109 Å². The zero-order valence-electron chi connectivity index (χ0n) is 75.9. The molecule has 0 radical (unpaired) electrons. The van der Waals surface area contributed by atoms with Crippen LogP contribution in [0.25, 0.3) is 66.4 Å². The molecule has 4 amide bonds. The number of ether oxygens (including phenoxy) is 2. The molecule has 19 rings (SSSR count). The number of likely N-dealkylation sites (tertiary alicyclic amines) is 1. The van der Waals surface area contributed by atoms with Crippen LogP contribution in [0.15, 0.2) is 331 Å². The molecule has 0 unspecified atom stereocenters. The fourth-order valence-corrected chi connectivity index (χ4v) is 16.1. The van der Waals surface area contributed by atoms with Gasteiger partial charge in [0.15, 0.2) is 56.1 Å². The number of nitrogens with zero attached hydrogens (tertiary/aromatic N) is 25. The van der Waals surface area contributed by atoms with E-state index in [4.69, 9.17) is 20.3 Å². The third-order valence-corrected chi connectivity index (χ3v) is 23.8. The van der Waals surface area contributed by atoms with Crippen molar-refractivity contribution in [2.45, 2.75) is 29.1 Å². The van der Waals surface area contributed by atoms with Crippen molar-refractivity contribution in [3.63, 3.8) is 0 Å². The topological polar surface area (TPSA) is 627 Å². The number of phenolic OH excluding ortho intramolecular Hbond substituents is 3. The van der Waals surface area contributed by atoms with Gasteiger partial charge in [-0.25, -0.2) is 66.0 Å². The second-order valence-electron chi connectivity index (χ2n) is 31.2. The number of nitro groups is 1. The smallest absolute Gasteiger partial charge is 0.337 e. The summed E-state index contributed by atoms with van der Waals surface area (Å²) in [6.07, 6.45) is 18.3. The molecule has 8 heterocycles. The summed E-state index contributed by atoms with van der Waals surface area (Å²) < 4.78 is 64.5. The fourth-order valence-electron chi connectivity index (χ4n) is 14.8. The van der Waals surface area contributed by atoms with Crippen LogP contribution in [-0.2, 0) is 38.7 Å². The molecule has 18 aromatic rings. The highest BCUT2D eigenvalue weighted by atomic mass is 32.2. The minimum atomic E-state index is -4.25. The molecule has 7 aromatic heterocycles. The van der Waals surface area contributed by atoms with Crippen LogP contribution in [-0.4, -0.2) is 167 Å². The zero-order valence-corrected chi connectivity index (χ0v) is 77.5. The number of esters is 1. The average Bonchev–Trinajstić information content (AvgIpc) is 1.04. The normalized spacial score (nSPS) is 12.1. The number of primary sulfonamides is 1. The van der Waals surface area contributed by atoms with Gasteiger partial charge < -0.3 is 46.1 Å². The fraction of sp³-hybridized carbons (Fsp3) is 0.0928. The number of para-hydroxylation sites is 2. The maximum absolute atomic E-state index is 13.2. The van der Waals surface area contributed by atoms with Crippen molar-refractivity contribution in [3.8, 4) is 58.1 Å². The van der Waals surface area contributed by atoms with Gasteiger partial charge in [0.1, 0.15) is 49.9 Å². The number of aromatic nitrogens is 14. The van der Waals surface area contributed by atoms with E-state index in [1.807, 2.05) is 36.4 Å². The summed E-state index contributed by atoms with van der Waals surface area (Å²) in [5, 5.41) is 119. The number of rotatable bonds is 23. The maximum Gasteiger partial charge on any atom is 0.337 e. The number of piperidine rings is 1. The van der Waals surface area contributed by atoms with Crippen LogP contribution in [0.3, 0.4) is 0 Å². The number of phenols is 3. The number of fused-ring (bicyclic) bond motifs is 4. The Morgan fingerprint density at radius 2 is 0.917 bits per heavy atom. The number of sulfone groups is 1. The van der Waals surface area contributed by atoms with Crippen molar-refractivity contribution in [1.29, 1.82) is 5.26 Å². The lowest BCUT2D eigenvalue weighted by Crippen LogP contribution is -2.35. The van der Waals surface area contributed by atoms with Crippen LogP contribution in [0.5, 0.6) is 28.7 Å². The van der Waals surface area contributed by atoms with Gasteiger partial charge in [-0.15, -0.1) is 40.9 Å². The molecule has 11 aromatic carbocycles. The number of nitro benzene ring substituents is 1. The van der Waals surface area contributed by atoms with Crippen LogP contribution in [0, 0.1) is 21.4 Å². The Morgan fingerprint density at radius 1 is 0.479 bits per heavy atom. The van der Waals surface area contributed by atoms with E-state index in [-0.39, 0.29) is 119 Å². The minimum absolute atomic E-state index is 0.00987. The maximum atomic E-state index is 13.2. The monoisotopic (exact) mass is 1970 g/mol. The number of hydrogen-bond donors (Lipinski definition) is 7. The highest BCUT2D eigenvalue weighted by molar-refractivity contribution is 7.91. The lowest BCUT2D eigenvalue weighted by Gasteiger charge is -2.27. The van der Waals surface area contributed by atoms with Gasteiger partial charge in [0.2, 0.25) is 15.8 Å². The first-order valence-corrected chi connectivity index (χ1v) is 46.5. The molecule has 45 nitrogen and oxygen atoms in total. The van der Waals surface area contributed by atoms with E-state index in [9.17, 15) is 71.5 Å². The minimum Gasteiger partial charge on any atom is -0.505 e. The standard InChI is InChI=1S/C27H18N8O4.C24H18N8O4S.C24H23N7O2.C22H18N6O6S/c1-39-26(38)16-8-9-20-17(12-16)13-21(25(37)32-19-6-3-2-4-7-19)23(36)22(20)33-34-24-18(14-28)15-31-35(24)27-29-10-5-11-30-27;25-37(35,36)19-14-28-32(24-26-11-6-12-27-24)22(19)31-30-20-17-10-5-4-7-15(17)13-18(21(20)33)23(34)29-16-8-2-1-3-9-16;1-30-23(19(15-27-30)22-25-10-7-11-26-22)29-28-20-17-9-4-3-8-16(17)14-18(21(20)32)24(33)31-12-5-2-6-13-31;1-27-22(18(12-24-27)35(2,32)33)26-25-19-16-6-4-3-5-13(16)11-17(21(23)29)20(19)34-15-9-7-14(8-10-15)28(30)31/h2-13,15,36H,1H3,(H,32,37);1-14,33H,(H,29,34)(H2,25,35,36);3-4,7-11,14-15,32H,2,5-6,12-13H2,1H3;3-12H,1-2H3,(H2,23,29). The molecule has 1 saturated heterocycles. The molecular formula is C97H77N29O16S2. The Morgan fingerprint density at radius 3 is 1.44 bits per heavy atom. The molecule has 0 spiro atoms. The lowest BCUT2D eigenvalue weighted by molar-refractivity contribution is -0.384. The number of carbonyl (C=O) groups excluding carboxylic acids is 5. The van der Waals surface area contributed by atoms with Crippen molar-refractivity contribution < 1.29 is 70.5 Å². The summed E-state index contributed by atoms with van der Waals surface area (Å²) in [6, 6.07) is 61.7. The molecule has 0 saturated carbocycles. The van der Waals surface area contributed by atoms with Crippen LogP contribution < -0.4 is 26.2 Å². The summed E-state index contributed by atoms with van der Waals surface area (Å²) in [4.78, 5) is 100. The molecule has 718 valence electrons. The number of azo groups is 4. The van der Waals surface area contributed by atoms with Crippen molar-refractivity contribution in [2.24, 2.45) is 65.9 Å². The Balaban J connectivity index is 0.000000138. The van der Waals surface area contributed by atoms with Gasteiger partial charge in [-0.3, -0.25) is 29.3 Å². The number of aromatic hydroxyl groups is 3. The predicted octanol–water partition coefficient (Wildman–Crippen LogP) is 17.7. The quantitative estimate of drug-likeness (QED) is 0.0135. The van der Waals surface area contributed by atoms with Crippen LogP contribution in [0.4, 0.5) is 63.1 Å². The van der Waals surface area contributed by atoms with Gasteiger partial charge in [-0.1, -0.05) is 115 Å². The number of nitrogens with two attached hydrogens (primary N) is 2. The summed E-state index contributed by atoms with van der Waals surface area (Å²) in [7, 11) is -3.39. The number of nitriles is 1. The molecule has 144 heavy (non-hydrogen) atoms. The predicted molar refractivity (Wildman–Crippen MR) is 524 cm³/mol. The summed E-state index contributed by atoms with van der Waals surface area (Å²) in [6.45, 7) is 1.38. The van der Waals surface area contributed by atoms with E-state index >= 15 is 0 Å². The van der Waals surface area contributed by atoms with Gasteiger partial charge in [-0.05, 0) is 132 Å². The molecule has 0 bridgehead atoms. The number of primary amides is 1. The summed E-state index contributed by atoms with van der Waals surface area (Å²) in [5.41, 5.74) is 7.75. The second kappa shape index (κ2) is 42.9. The molecule has 47 heteroatoms. The first-order valence-electron chi connectivity index (χ1n) is 43.0. The molecule has 1 fully saturated rings. The van der Waals surface area contributed by atoms with Crippen molar-refractivity contribution >= 4 is 156 Å². The SMILES string of the molecule is COC(=O)c1ccc2c(N=Nc3c(C#N)cnn3-c3ncccn3)c(O)c(C(=O)Nc3ccccc3)cc2c1.Cn1ncc(-c2ncccn2)c1N=Nc1c(O)c(C(=O)N2CCCCC2)cc2ccccc12.Cn1ncc(S(C)(=O)=O)c1N=Nc1c(Oc2ccc([N+](=O)[O-])cc2)c(C(N)=O)cc2ccccc12.NS(=O)(=O)c1cnn(-c2ncccn2)c1N=Nc1c(O)c(C(=O)Nc2ccccc2)cc2ccccc12. The molecule has 0 atom stereocenters. The number of methoxy groups -OCH3 is 1. The van der Waals surface area contributed by atoms with E-state index in [1.54, 1.807) is 169 Å². The van der Waals surface area contributed by atoms with Gasteiger partial charge in [0.05, 0.1) is 70.2 Å². The van der Waals surface area contributed by atoms with Crippen molar-refractivity contribution in [3.05, 3.63) is 324 Å². The highest BCUT2D eigenvalue weighted by Gasteiger charge is 2.30. The Labute approximate surface area is 814 Å². The van der Waals surface area contributed by atoms with Gasteiger partial charge >= 0.3 is 5.97 Å². The number of sulfonamides is 1. The number of carbonyl (C=O) groups is 5. The molecule has 1 aliphatic rings. The molecule has 9 N–H and O–H groups in total. The first kappa shape index (κ1) is 97.3. The molecular weight excluding hydrogens is 1890 g/mol.